The van der Waals surface area contributed by atoms with E-state index in [4.69, 9.17) is 18.6 Å². The van der Waals surface area contributed by atoms with Gasteiger partial charge in [-0.3, -0.25) is 0 Å². The van der Waals surface area contributed by atoms with Gasteiger partial charge in [-0.05, 0) is 34.1 Å². The van der Waals surface area contributed by atoms with Gasteiger partial charge in [0, 0.05) is 11.7 Å². The summed E-state index contributed by atoms with van der Waals surface area (Å²) in [5.74, 6) is 0. The van der Waals surface area contributed by atoms with Crippen LogP contribution >= 0.6 is 0 Å². The van der Waals surface area contributed by atoms with E-state index in [1.807, 2.05) is 27.7 Å². The van der Waals surface area contributed by atoms with Crippen LogP contribution in [0.3, 0.4) is 0 Å². The fraction of sp³-hybridized carbons (Fsp3) is 1.00. The normalized spacial score (nSPS) is 48.2. The van der Waals surface area contributed by atoms with Crippen LogP contribution < -0.4 is 5.73 Å². The van der Waals surface area contributed by atoms with E-state index in [9.17, 15) is 0 Å². The van der Waals surface area contributed by atoms with Gasteiger partial charge in [-0.1, -0.05) is 0 Å². The van der Waals surface area contributed by atoms with Gasteiger partial charge in [0.1, 0.15) is 5.54 Å². The molecule has 0 bridgehead atoms. The average molecular weight is 231 g/mol. The van der Waals surface area contributed by atoms with E-state index in [2.05, 4.69) is 5.73 Å². The lowest BCUT2D eigenvalue weighted by atomic mass is 9.88. The van der Waals surface area contributed by atoms with Crippen LogP contribution in [0, 0.1) is 0 Å². The minimum Gasteiger partial charge on any atom is -0.516 e. The number of hydrogen-bond acceptors (Lipinski definition) is 4. The van der Waals surface area contributed by atoms with Gasteiger partial charge >= 0.3 is 6.96 Å². The van der Waals surface area contributed by atoms with Crippen molar-refractivity contribution in [3.8, 4) is 0 Å². The molecule has 2 fully saturated rings. The van der Waals surface area contributed by atoms with Gasteiger partial charge in [-0.25, -0.2) is 0 Å². The molecule has 0 aromatic carbocycles. The molecule has 2 rings (SSSR count). The van der Waals surface area contributed by atoms with Crippen LogP contribution in [0.4, 0.5) is 0 Å². The Labute approximate surface area is 96.6 Å². The predicted octanol–water partition coefficient (Wildman–Crippen LogP) is 0.0734. The molecule has 94 valence electrons. The Morgan fingerprint density at radius 1 is 1.19 bits per heavy atom. The molecule has 0 amide bonds. The molecule has 0 aromatic heterocycles. The summed E-state index contributed by atoms with van der Waals surface area (Å²) in [6.45, 7) is 7.02. The first-order valence-corrected chi connectivity index (χ1v) is 5.86. The largest absolute Gasteiger partial charge is 0.532 e. The third kappa shape index (κ3) is 2.57. The molecular weight excluding hydrogens is 209 g/mol. The monoisotopic (exact) mass is 231 g/mol. The Kier molecular flexibility index (Phi) is 2.84. The van der Waals surface area contributed by atoms with Crippen LogP contribution in [0.5, 0.6) is 0 Å². The average Bonchev–Trinajstić information content (AvgIpc) is 2.08. The molecule has 2 aliphatic heterocycles. The molecule has 16 heavy (non-hydrogen) atoms. The molecule has 2 heterocycles. The van der Waals surface area contributed by atoms with Crippen molar-refractivity contribution < 1.29 is 24.4 Å². The quantitative estimate of drug-likeness (QED) is 0.599. The highest BCUT2D eigenvalue weighted by molar-refractivity contribution is 6.54. The molecule has 6 heteroatoms. The Bertz CT molecular complexity index is 272. The SMILES string of the molecule is CC1CC(C)(C)O[B-]2(OCC(C)([NH3+])CO2)O1. The highest BCUT2D eigenvalue weighted by atomic mass is 16.9. The molecule has 0 aliphatic carbocycles. The fourth-order valence-electron chi connectivity index (χ4n) is 2.33. The number of rotatable bonds is 0. The Balaban J connectivity index is 2.08. The van der Waals surface area contributed by atoms with E-state index in [0.29, 0.717) is 13.2 Å². The summed E-state index contributed by atoms with van der Waals surface area (Å²) >= 11 is 0. The maximum Gasteiger partial charge on any atom is 0.532 e. The van der Waals surface area contributed by atoms with Gasteiger partial charge in [0.25, 0.3) is 0 Å². The lowest BCUT2D eigenvalue weighted by molar-refractivity contribution is -0.490. The third-order valence-corrected chi connectivity index (χ3v) is 2.91. The molecule has 0 aromatic rings. The van der Waals surface area contributed by atoms with Gasteiger partial charge in [-0.2, -0.15) is 0 Å². The summed E-state index contributed by atoms with van der Waals surface area (Å²) in [7, 11) is 0. The fourth-order valence-corrected chi connectivity index (χ4v) is 2.33. The summed E-state index contributed by atoms with van der Waals surface area (Å²) < 4.78 is 22.9. The van der Waals surface area contributed by atoms with Crippen molar-refractivity contribution in [2.24, 2.45) is 0 Å². The predicted molar refractivity (Wildman–Crippen MR) is 59.3 cm³/mol. The standard InChI is InChI=1S/C10H21BNO4/c1-8-5-9(2,3)16-11(15-8)13-6-10(4,12)7-14-11/h8H,5-7,12H2,1-4H3/q-1/p+1. The molecule has 1 unspecified atom stereocenters. The first-order chi connectivity index (χ1) is 7.22. The summed E-state index contributed by atoms with van der Waals surface area (Å²) in [4.78, 5) is 0. The van der Waals surface area contributed by atoms with E-state index in [1.54, 1.807) is 0 Å². The van der Waals surface area contributed by atoms with Gasteiger partial charge in [-0.15, -0.1) is 0 Å². The maximum absolute atomic E-state index is 5.83. The first-order valence-electron chi connectivity index (χ1n) is 5.86. The van der Waals surface area contributed by atoms with Crippen LogP contribution in [0.2, 0.25) is 0 Å². The molecule has 2 aliphatic rings. The van der Waals surface area contributed by atoms with Crippen LogP contribution in [0.15, 0.2) is 0 Å². The molecule has 0 saturated carbocycles. The molecular formula is C10H22BNO4. The van der Waals surface area contributed by atoms with Crippen LogP contribution in [0.25, 0.3) is 0 Å². The lowest BCUT2D eigenvalue weighted by Crippen LogP contribution is -2.80. The van der Waals surface area contributed by atoms with Gasteiger partial charge in [0.15, 0.2) is 0 Å². The lowest BCUT2D eigenvalue weighted by Gasteiger charge is -2.56. The van der Waals surface area contributed by atoms with E-state index in [-0.39, 0.29) is 17.2 Å². The summed E-state index contributed by atoms with van der Waals surface area (Å²) in [6, 6.07) is 0. The van der Waals surface area contributed by atoms with Crippen molar-refractivity contribution in [3.63, 3.8) is 0 Å². The van der Waals surface area contributed by atoms with Crippen LogP contribution in [0.1, 0.15) is 34.1 Å². The minimum absolute atomic E-state index is 0.0814. The molecule has 3 N–H and O–H groups in total. The third-order valence-electron chi connectivity index (χ3n) is 2.91. The summed E-state index contributed by atoms with van der Waals surface area (Å²) in [5, 5.41) is 0. The van der Waals surface area contributed by atoms with Crippen molar-refractivity contribution in [1.29, 1.82) is 0 Å². The van der Waals surface area contributed by atoms with Crippen molar-refractivity contribution >= 4 is 6.96 Å². The number of hydrogen-bond donors (Lipinski definition) is 1. The summed E-state index contributed by atoms with van der Waals surface area (Å²) in [5.41, 5.74) is 3.52. The van der Waals surface area contributed by atoms with Crippen molar-refractivity contribution in [2.75, 3.05) is 13.2 Å². The highest BCUT2D eigenvalue weighted by Gasteiger charge is 2.48. The number of quaternary nitrogens is 1. The topological polar surface area (TPSA) is 64.6 Å². The molecule has 5 nitrogen and oxygen atoms in total. The Hall–Kier alpha value is -0.135. The van der Waals surface area contributed by atoms with Gasteiger partial charge in [0.05, 0.1) is 13.2 Å². The minimum atomic E-state index is -2.03. The second-order valence-electron chi connectivity index (χ2n) is 6.04. The van der Waals surface area contributed by atoms with Crippen molar-refractivity contribution in [3.05, 3.63) is 0 Å². The highest BCUT2D eigenvalue weighted by Crippen LogP contribution is 2.34. The van der Waals surface area contributed by atoms with E-state index >= 15 is 0 Å². The second-order valence-corrected chi connectivity index (χ2v) is 6.04. The van der Waals surface area contributed by atoms with Crippen molar-refractivity contribution in [1.82, 2.24) is 0 Å². The molecule has 1 spiro atoms. The van der Waals surface area contributed by atoms with Gasteiger partial charge < -0.3 is 24.4 Å². The van der Waals surface area contributed by atoms with E-state index < -0.39 is 6.96 Å². The maximum atomic E-state index is 5.83. The zero-order chi connectivity index (χ0) is 12.0. The van der Waals surface area contributed by atoms with Crippen LogP contribution in [-0.2, 0) is 18.6 Å². The van der Waals surface area contributed by atoms with E-state index in [0.717, 1.165) is 6.42 Å². The van der Waals surface area contributed by atoms with Crippen molar-refractivity contribution in [2.45, 2.75) is 51.4 Å². The second kappa shape index (κ2) is 3.68. The van der Waals surface area contributed by atoms with Gasteiger partial charge in [0.2, 0.25) is 0 Å². The summed E-state index contributed by atoms with van der Waals surface area (Å²) in [6.07, 6.45) is 0.920. The molecule has 1 atom stereocenters. The van der Waals surface area contributed by atoms with E-state index in [1.165, 1.54) is 0 Å². The Morgan fingerprint density at radius 3 is 2.25 bits per heavy atom. The van der Waals surface area contributed by atoms with Crippen LogP contribution in [-0.4, -0.2) is 37.4 Å². The smallest absolute Gasteiger partial charge is 0.516 e. The zero-order valence-electron chi connectivity index (χ0n) is 10.6. The molecule has 2 saturated heterocycles. The Morgan fingerprint density at radius 2 is 1.75 bits per heavy atom. The zero-order valence-corrected chi connectivity index (χ0v) is 10.6. The molecule has 0 radical (unpaired) electrons. The first kappa shape index (κ1) is 12.3.